The van der Waals surface area contributed by atoms with Crippen LogP contribution in [0.1, 0.15) is 32.3 Å². The highest BCUT2D eigenvalue weighted by Crippen LogP contribution is 2.51. The van der Waals surface area contributed by atoms with E-state index in [2.05, 4.69) is 17.4 Å². The number of nitrogens with zero attached hydrogens (tertiary/aromatic N) is 3. The molecule has 190 valence electrons. The minimum atomic E-state index is -1.37. The number of hydrogen-bond acceptors (Lipinski definition) is 7. The molecule has 0 radical (unpaired) electrons. The van der Waals surface area contributed by atoms with Gasteiger partial charge in [0.1, 0.15) is 7.05 Å². The number of carbonyl (C=O) groups excluding carboxylic acids is 3. The highest BCUT2D eigenvalue weighted by molar-refractivity contribution is 8.03. The fraction of sp³-hybridized carbons (Fsp3) is 0.600. The fourth-order valence-electron chi connectivity index (χ4n) is 5.43. The van der Waals surface area contributed by atoms with Crippen molar-refractivity contribution >= 4 is 29.5 Å². The van der Waals surface area contributed by atoms with E-state index in [9.17, 15) is 24.6 Å². The Morgan fingerprint density at radius 2 is 2.06 bits per heavy atom. The lowest BCUT2D eigenvalue weighted by Crippen LogP contribution is -2.64. The minimum absolute atomic E-state index is 0.00742. The summed E-state index contributed by atoms with van der Waals surface area (Å²) >= 11 is 1.42. The highest BCUT2D eigenvalue weighted by atomic mass is 32.2. The second-order valence-electron chi connectivity index (χ2n) is 9.93. The molecule has 0 bridgehead atoms. The van der Waals surface area contributed by atoms with Crippen molar-refractivity contribution in [3.8, 4) is 0 Å². The zero-order valence-electron chi connectivity index (χ0n) is 20.6. The van der Waals surface area contributed by atoms with Crippen LogP contribution in [0.15, 0.2) is 35.1 Å². The van der Waals surface area contributed by atoms with Gasteiger partial charge in [-0.25, -0.2) is 4.57 Å². The van der Waals surface area contributed by atoms with Gasteiger partial charge in [0.15, 0.2) is 12.4 Å². The molecule has 0 saturated carbocycles. The Morgan fingerprint density at radius 1 is 1.37 bits per heavy atom. The smallest absolute Gasteiger partial charge is 0.239 e. The number of fused-ring (bicyclic) bond motifs is 1. The van der Waals surface area contributed by atoms with Crippen molar-refractivity contribution in [3.05, 3.63) is 40.7 Å². The number of amides is 2. The van der Waals surface area contributed by atoms with Gasteiger partial charge in [-0.05, 0) is 31.7 Å². The lowest BCUT2D eigenvalue weighted by Gasteiger charge is -2.47. The third-order valence-corrected chi connectivity index (χ3v) is 8.88. The average molecular weight is 503 g/mol. The fourth-order valence-corrected chi connectivity index (χ4v) is 6.90. The molecule has 3 aliphatic heterocycles. The number of aromatic nitrogens is 1. The first-order valence-electron chi connectivity index (χ1n) is 12.2. The molecule has 1 aromatic heterocycles. The van der Waals surface area contributed by atoms with Gasteiger partial charge in [0, 0.05) is 48.3 Å². The molecular weight excluding hydrogens is 468 g/mol. The SMILES string of the molecule is CC(O)C1C(=O)N2C(C(=O)[O-])=C(SC3CNC(C(=O)N(C)CCCc4cc[n+](C)cc4)C3)C(C)C12. The van der Waals surface area contributed by atoms with E-state index in [0.29, 0.717) is 24.4 Å². The van der Waals surface area contributed by atoms with E-state index in [1.807, 2.05) is 38.0 Å². The number of pyridine rings is 1. The monoisotopic (exact) mass is 502 g/mol. The number of aryl methyl sites for hydroxylation is 2. The first-order chi connectivity index (χ1) is 16.6. The lowest BCUT2D eigenvalue weighted by molar-refractivity contribution is -0.671. The number of aliphatic hydroxyl groups is 1. The van der Waals surface area contributed by atoms with Crippen LogP contribution in [0.5, 0.6) is 0 Å². The molecule has 1 aromatic rings. The number of β-lactam (4-membered cyclic amide) rings is 1. The Balaban J connectivity index is 1.32. The molecule has 6 unspecified atom stereocenters. The van der Waals surface area contributed by atoms with Crippen molar-refractivity contribution in [2.24, 2.45) is 18.9 Å². The number of carboxylic acids is 1. The summed E-state index contributed by atoms with van der Waals surface area (Å²) in [6, 6.07) is 3.49. The van der Waals surface area contributed by atoms with E-state index in [0.717, 1.165) is 12.8 Å². The second kappa shape index (κ2) is 10.3. The molecule has 35 heavy (non-hydrogen) atoms. The van der Waals surface area contributed by atoms with Crippen LogP contribution in [0.2, 0.25) is 0 Å². The summed E-state index contributed by atoms with van der Waals surface area (Å²) in [5.41, 5.74) is 1.17. The molecule has 6 atom stereocenters. The van der Waals surface area contributed by atoms with E-state index < -0.39 is 18.0 Å². The summed E-state index contributed by atoms with van der Waals surface area (Å²) in [6.07, 6.45) is 5.54. The average Bonchev–Trinajstić information content (AvgIpc) is 3.36. The zero-order chi connectivity index (χ0) is 25.4. The van der Waals surface area contributed by atoms with Gasteiger partial charge < -0.3 is 30.1 Å². The van der Waals surface area contributed by atoms with E-state index in [4.69, 9.17) is 0 Å². The molecule has 0 spiro atoms. The van der Waals surface area contributed by atoms with Gasteiger partial charge in [-0.2, -0.15) is 0 Å². The first-order valence-corrected chi connectivity index (χ1v) is 13.0. The number of aliphatic carboxylic acids is 1. The van der Waals surface area contributed by atoms with Crippen molar-refractivity contribution in [3.63, 3.8) is 0 Å². The summed E-state index contributed by atoms with van der Waals surface area (Å²) in [5.74, 6) is -2.50. The Hall–Kier alpha value is -2.43. The van der Waals surface area contributed by atoms with Crippen LogP contribution < -0.4 is 15.0 Å². The Bertz CT molecular complexity index is 1030. The molecule has 4 rings (SSSR count). The van der Waals surface area contributed by atoms with Gasteiger partial charge in [0.2, 0.25) is 11.8 Å². The molecule has 2 N–H and O–H groups in total. The van der Waals surface area contributed by atoms with Crippen molar-refractivity contribution in [2.75, 3.05) is 20.1 Å². The number of carbonyl (C=O) groups is 3. The van der Waals surface area contributed by atoms with Crippen LogP contribution in [0.4, 0.5) is 0 Å². The molecule has 2 fully saturated rings. The van der Waals surface area contributed by atoms with Crippen molar-refractivity contribution in [2.45, 2.75) is 56.5 Å². The third kappa shape index (κ3) is 4.96. The van der Waals surface area contributed by atoms with Crippen LogP contribution in [0.25, 0.3) is 0 Å². The molecule has 2 amide bonds. The lowest BCUT2D eigenvalue weighted by atomic mass is 9.79. The molecule has 2 saturated heterocycles. The summed E-state index contributed by atoms with van der Waals surface area (Å²) in [4.78, 5) is 41.0. The second-order valence-corrected chi connectivity index (χ2v) is 11.3. The summed E-state index contributed by atoms with van der Waals surface area (Å²) in [6.45, 7) is 4.68. The van der Waals surface area contributed by atoms with Crippen molar-refractivity contribution < 1.29 is 29.2 Å². The first kappa shape index (κ1) is 25.7. The van der Waals surface area contributed by atoms with Crippen LogP contribution in [0.3, 0.4) is 0 Å². The maximum atomic E-state index is 13.0. The van der Waals surface area contributed by atoms with Crippen LogP contribution in [-0.4, -0.2) is 76.3 Å². The minimum Gasteiger partial charge on any atom is -0.543 e. The van der Waals surface area contributed by atoms with Crippen molar-refractivity contribution in [1.82, 2.24) is 15.1 Å². The summed E-state index contributed by atoms with van der Waals surface area (Å²) in [5, 5.41) is 25.2. The quantitative estimate of drug-likeness (QED) is 0.335. The van der Waals surface area contributed by atoms with Gasteiger partial charge >= 0.3 is 0 Å². The number of nitrogens with one attached hydrogen (secondary N) is 1. The molecule has 4 heterocycles. The van der Waals surface area contributed by atoms with Crippen LogP contribution in [0, 0.1) is 11.8 Å². The van der Waals surface area contributed by atoms with E-state index in [1.54, 1.807) is 11.8 Å². The van der Waals surface area contributed by atoms with Crippen LogP contribution >= 0.6 is 11.8 Å². The number of thioether (sulfide) groups is 1. The number of carboxylic acid groups (broad SMARTS) is 1. The number of likely N-dealkylation sites (N-methyl/N-ethyl adjacent to an activating group) is 1. The van der Waals surface area contributed by atoms with Gasteiger partial charge in [-0.1, -0.05) is 6.92 Å². The van der Waals surface area contributed by atoms with Gasteiger partial charge in [0.25, 0.3) is 0 Å². The Kier molecular flexibility index (Phi) is 7.54. The largest absolute Gasteiger partial charge is 0.543 e. The molecule has 0 aliphatic carbocycles. The zero-order valence-corrected chi connectivity index (χ0v) is 21.5. The van der Waals surface area contributed by atoms with E-state index >= 15 is 0 Å². The normalized spacial score (nSPS) is 28.7. The Labute approximate surface area is 210 Å². The van der Waals surface area contributed by atoms with E-state index in [1.165, 1.54) is 22.2 Å². The maximum Gasteiger partial charge on any atom is 0.239 e. The highest BCUT2D eigenvalue weighted by Gasteiger charge is 2.59. The molecule has 3 aliphatic rings. The van der Waals surface area contributed by atoms with Gasteiger partial charge in [-0.3, -0.25) is 9.59 Å². The van der Waals surface area contributed by atoms with Gasteiger partial charge in [-0.15, -0.1) is 11.8 Å². The topological polar surface area (TPSA) is 117 Å². The number of rotatable bonds is 9. The number of hydrogen-bond donors (Lipinski definition) is 2. The molecule has 9 nitrogen and oxygen atoms in total. The molecular formula is C25H34N4O5S. The summed E-state index contributed by atoms with van der Waals surface area (Å²) in [7, 11) is 3.80. The van der Waals surface area contributed by atoms with E-state index in [-0.39, 0.29) is 40.8 Å². The predicted octanol–water partition coefficient (Wildman–Crippen LogP) is -0.815. The number of aliphatic hydroxyl groups excluding tert-OH is 1. The maximum absolute atomic E-state index is 13.0. The Morgan fingerprint density at radius 3 is 2.69 bits per heavy atom. The van der Waals surface area contributed by atoms with Gasteiger partial charge in [0.05, 0.1) is 35.8 Å². The summed E-state index contributed by atoms with van der Waals surface area (Å²) < 4.78 is 1.99. The molecule has 10 heteroatoms. The van der Waals surface area contributed by atoms with Crippen LogP contribution in [-0.2, 0) is 27.9 Å². The third-order valence-electron chi connectivity index (χ3n) is 7.37. The standard InChI is InChI=1S/C25H34N4O5S/c1-14-20-19(15(2)30)24(32)29(20)21(25(33)34)22(14)35-17-12-18(26-13-17)23(31)28(4)9-5-6-16-7-10-27(3)11-8-16/h7-8,10-11,14-15,17-20,26,30H,5-6,9,12-13H2,1-4H3. The predicted molar refractivity (Wildman–Crippen MR) is 128 cm³/mol. The van der Waals surface area contributed by atoms with Crippen molar-refractivity contribution in [1.29, 1.82) is 0 Å². The molecule has 0 aromatic carbocycles.